The fraction of sp³-hybridized carbons (Fsp3) is 0.0556. The first kappa shape index (κ1) is 14.8. The zero-order valence-electron chi connectivity index (χ0n) is 12.2. The van der Waals surface area contributed by atoms with Crippen LogP contribution in [0.2, 0.25) is 0 Å². The number of amides is 2. The van der Waals surface area contributed by atoms with Crippen molar-refractivity contribution in [3.63, 3.8) is 0 Å². The Bertz CT molecular complexity index is 865. The second kappa shape index (κ2) is 6.36. The molecule has 0 radical (unpaired) electrons. The molecule has 0 bridgehead atoms. The molecule has 0 fully saturated rings. The van der Waals surface area contributed by atoms with E-state index in [1.54, 1.807) is 48.5 Å². The van der Waals surface area contributed by atoms with Crippen molar-refractivity contribution in [3.8, 4) is 5.75 Å². The SMILES string of the molecule is O=C(NCc1ccccc1F)Nc1cccc2c(O)cccc12. The fourth-order valence-corrected chi connectivity index (χ4v) is 2.39. The Morgan fingerprint density at radius 3 is 2.52 bits per heavy atom. The van der Waals surface area contributed by atoms with Gasteiger partial charge in [-0.1, -0.05) is 42.5 Å². The van der Waals surface area contributed by atoms with Crippen molar-refractivity contribution in [2.75, 3.05) is 5.32 Å². The van der Waals surface area contributed by atoms with Gasteiger partial charge in [-0.25, -0.2) is 9.18 Å². The van der Waals surface area contributed by atoms with Gasteiger partial charge in [-0.15, -0.1) is 0 Å². The molecule has 0 saturated heterocycles. The van der Waals surface area contributed by atoms with Crippen LogP contribution in [0.15, 0.2) is 60.7 Å². The number of phenolic OH excluding ortho intramolecular Hbond substituents is 1. The number of hydrogen-bond donors (Lipinski definition) is 3. The van der Waals surface area contributed by atoms with E-state index in [2.05, 4.69) is 10.6 Å². The normalized spacial score (nSPS) is 10.5. The number of hydrogen-bond acceptors (Lipinski definition) is 2. The third-order valence-corrected chi connectivity index (χ3v) is 3.54. The summed E-state index contributed by atoms with van der Waals surface area (Å²) in [5.41, 5.74) is 0.989. The van der Waals surface area contributed by atoms with Gasteiger partial charge >= 0.3 is 6.03 Å². The number of nitrogens with one attached hydrogen (secondary N) is 2. The van der Waals surface area contributed by atoms with E-state index in [1.165, 1.54) is 6.07 Å². The van der Waals surface area contributed by atoms with Crippen LogP contribution in [-0.4, -0.2) is 11.1 Å². The van der Waals surface area contributed by atoms with Gasteiger partial charge in [-0.2, -0.15) is 0 Å². The highest BCUT2D eigenvalue weighted by Gasteiger charge is 2.08. The summed E-state index contributed by atoms with van der Waals surface area (Å²) in [4.78, 5) is 12.0. The number of urea groups is 1. The molecule has 2 amide bonds. The molecule has 0 aliphatic rings. The van der Waals surface area contributed by atoms with E-state index in [4.69, 9.17) is 0 Å². The van der Waals surface area contributed by atoms with Crippen LogP contribution < -0.4 is 10.6 Å². The van der Waals surface area contributed by atoms with E-state index in [0.717, 1.165) is 5.39 Å². The summed E-state index contributed by atoms with van der Waals surface area (Å²) in [5.74, 6) is -0.208. The van der Waals surface area contributed by atoms with Gasteiger partial charge in [0.15, 0.2) is 0 Å². The monoisotopic (exact) mass is 310 g/mol. The molecule has 116 valence electrons. The zero-order chi connectivity index (χ0) is 16.2. The number of halogens is 1. The zero-order valence-corrected chi connectivity index (χ0v) is 12.2. The Morgan fingerprint density at radius 1 is 0.957 bits per heavy atom. The first-order valence-corrected chi connectivity index (χ1v) is 7.14. The highest BCUT2D eigenvalue weighted by Crippen LogP contribution is 2.29. The Morgan fingerprint density at radius 2 is 1.70 bits per heavy atom. The minimum absolute atomic E-state index is 0.0918. The predicted molar refractivity (Wildman–Crippen MR) is 87.9 cm³/mol. The van der Waals surface area contributed by atoms with Crippen LogP contribution >= 0.6 is 0 Å². The van der Waals surface area contributed by atoms with Crippen molar-refractivity contribution in [2.24, 2.45) is 0 Å². The molecule has 3 N–H and O–H groups in total. The number of rotatable bonds is 3. The van der Waals surface area contributed by atoms with Crippen molar-refractivity contribution in [1.82, 2.24) is 5.32 Å². The average molecular weight is 310 g/mol. The number of aromatic hydroxyl groups is 1. The number of benzene rings is 3. The lowest BCUT2D eigenvalue weighted by Gasteiger charge is -2.11. The van der Waals surface area contributed by atoms with E-state index in [1.807, 2.05) is 6.07 Å². The summed E-state index contributed by atoms with van der Waals surface area (Å²) in [5, 5.41) is 16.6. The van der Waals surface area contributed by atoms with Crippen molar-refractivity contribution in [2.45, 2.75) is 6.54 Å². The van der Waals surface area contributed by atoms with Gasteiger partial charge in [0.2, 0.25) is 0 Å². The lowest BCUT2D eigenvalue weighted by atomic mass is 10.1. The molecule has 0 spiro atoms. The van der Waals surface area contributed by atoms with Gasteiger partial charge in [0.1, 0.15) is 11.6 Å². The summed E-state index contributed by atoms with van der Waals surface area (Å²) in [6, 6.07) is 16.2. The minimum atomic E-state index is -0.441. The molecule has 0 aromatic heterocycles. The van der Waals surface area contributed by atoms with Crippen molar-refractivity contribution in [3.05, 3.63) is 72.0 Å². The molecule has 4 nitrogen and oxygen atoms in total. The lowest BCUT2D eigenvalue weighted by Crippen LogP contribution is -2.28. The van der Waals surface area contributed by atoms with Crippen LogP contribution in [0.3, 0.4) is 0 Å². The van der Waals surface area contributed by atoms with Crippen LogP contribution in [0.5, 0.6) is 5.75 Å². The first-order valence-electron chi connectivity index (χ1n) is 7.14. The molecule has 0 aliphatic heterocycles. The quantitative estimate of drug-likeness (QED) is 0.684. The first-order chi connectivity index (χ1) is 11.1. The number of carbonyl (C=O) groups excluding carboxylic acids is 1. The molecule has 0 atom stereocenters. The summed E-state index contributed by atoms with van der Waals surface area (Å²) in [7, 11) is 0. The highest BCUT2D eigenvalue weighted by atomic mass is 19.1. The Kier molecular flexibility index (Phi) is 4.10. The maximum absolute atomic E-state index is 13.5. The molecule has 0 aliphatic carbocycles. The lowest BCUT2D eigenvalue weighted by molar-refractivity contribution is 0.251. The largest absolute Gasteiger partial charge is 0.507 e. The molecule has 3 rings (SSSR count). The fourth-order valence-electron chi connectivity index (χ4n) is 2.39. The summed E-state index contributed by atoms with van der Waals surface area (Å²) in [6.45, 7) is 0.0918. The van der Waals surface area contributed by atoms with Crippen molar-refractivity contribution in [1.29, 1.82) is 0 Å². The van der Waals surface area contributed by atoms with E-state index in [9.17, 15) is 14.3 Å². The van der Waals surface area contributed by atoms with Gasteiger partial charge in [0.25, 0.3) is 0 Å². The molecule has 0 unspecified atom stereocenters. The van der Waals surface area contributed by atoms with Crippen molar-refractivity contribution >= 4 is 22.5 Å². The Hall–Kier alpha value is -3.08. The summed E-state index contributed by atoms with van der Waals surface area (Å²) >= 11 is 0. The number of carbonyl (C=O) groups is 1. The molecular weight excluding hydrogens is 295 g/mol. The maximum atomic E-state index is 13.5. The Labute approximate surface area is 132 Å². The molecule has 23 heavy (non-hydrogen) atoms. The van der Waals surface area contributed by atoms with Gasteiger partial charge in [-0.3, -0.25) is 0 Å². The molecule has 0 heterocycles. The topological polar surface area (TPSA) is 61.4 Å². The van der Waals surface area contributed by atoms with Crippen molar-refractivity contribution < 1.29 is 14.3 Å². The van der Waals surface area contributed by atoms with E-state index in [-0.39, 0.29) is 18.1 Å². The summed E-state index contributed by atoms with van der Waals surface area (Å²) < 4.78 is 13.5. The van der Waals surface area contributed by atoms with Crippen LogP contribution in [0.25, 0.3) is 10.8 Å². The number of fused-ring (bicyclic) bond motifs is 1. The third-order valence-electron chi connectivity index (χ3n) is 3.54. The van der Waals surface area contributed by atoms with Gasteiger partial charge in [-0.05, 0) is 18.2 Å². The van der Waals surface area contributed by atoms with Gasteiger partial charge in [0.05, 0.1) is 5.69 Å². The van der Waals surface area contributed by atoms with Crippen LogP contribution in [0.4, 0.5) is 14.9 Å². The van der Waals surface area contributed by atoms with E-state index < -0.39 is 6.03 Å². The maximum Gasteiger partial charge on any atom is 0.319 e. The third kappa shape index (κ3) is 3.23. The number of phenols is 1. The average Bonchev–Trinajstić information content (AvgIpc) is 2.55. The second-order valence-corrected chi connectivity index (χ2v) is 5.08. The van der Waals surface area contributed by atoms with Crippen LogP contribution in [0, 0.1) is 5.82 Å². The van der Waals surface area contributed by atoms with Gasteiger partial charge in [0, 0.05) is 22.9 Å². The standard InChI is InChI=1S/C18H15FN2O2/c19-15-8-2-1-5-12(15)11-20-18(23)21-16-9-3-7-14-13(16)6-4-10-17(14)22/h1-10,22H,11H2,(H2,20,21,23). The van der Waals surface area contributed by atoms with Crippen LogP contribution in [0.1, 0.15) is 5.56 Å². The predicted octanol–water partition coefficient (Wildman–Crippen LogP) is 4.01. The summed E-state index contributed by atoms with van der Waals surface area (Å²) in [6.07, 6.45) is 0. The van der Waals surface area contributed by atoms with E-state index in [0.29, 0.717) is 16.6 Å². The van der Waals surface area contributed by atoms with Crippen LogP contribution in [-0.2, 0) is 6.54 Å². The Balaban J connectivity index is 1.74. The molecule has 3 aromatic rings. The smallest absolute Gasteiger partial charge is 0.319 e. The minimum Gasteiger partial charge on any atom is -0.507 e. The highest BCUT2D eigenvalue weighted by molar-refractivity contribution is 6.03. The van der Waals surface area contributed by atoms with E-state index >= 15 is 0 Å². The number of anilines is 1. The van der Waals surface area contributed by atoms with Gasteiger partial charge < -0.3 is 15.7 Å². The molecule has 5 heteroatoms. The molecule has 0 saturated carbocycles. The molecule has 3 aromatic carbocycles. The second-order valence-electron chi connectivity index (χ2n) is 5.08. The molecular formula is C18H15FN2O2.